The number of aromatic nitrogens is 2. The van der Waals surface area contributed by atoms with Crippen molar-refractivity contribution in [2.45, 2.75) is 52.9 Å². The van der Waals surface area contributed by atoms with Crippen molar-refractivity contribution in [2.75, 3.05) is 36.4 Å². The van der Waals surface area contributed by atoms with E-state index in [-0.39, 0.29) is 23.2 Å². The fraction of sp³-hybridized carbons (Fsp3) is 0.565. The van der Waals surface area contributed by atoms with Gasteiger partial charge in [0.25, 0.3) is 0 Å². The van der Waals surface area contributed by atoms with Gasteiger partial charge in [0.2, 0.25) is 11.8 Å². The van der Waals surface area contributed by atoms with Crippen molar-refractivity contribution in [1.29, 1.82) is 0 Å². The highest BCUT2D eigenvalue weighted by Gasteiger charge is 2.22. The lowest BCUT2D eigenvalue weighted by atomic mass is 9.92. The van der Waals surface area contributed by atoms with Gasteiger partial charge in [-0.2, -0.15) is 0 Å². The topological polar surface area (TPSA) is 112 Å². The van der Waals surface area contributed by atoms with E-state index in [1.54, 1.807) is 24.3 Å². The van der Waals surface area contributed by atoms with Crippen LogP contribution in [0.2, 0.25) is 0 Å². The summed E-state index contributed by atoms with van der Waals surface area (Å²) in [5.41, 5.74) is 1.23. The average molecular weight is 444 g/mol. The molecule has 2 heterocycles. The predicted octanol–water partition coefficient (Wildman–Crippen LogP) is 4.47. The first kappa shape index (κ1) is 23.7. The van der Waals surface area contributed by atoms with Crippen LogP contribution in [0, 0.1) is 5.41 Å². The van der Waals surface area contributed by atoms with Crippen molar-refractivity contribution in [3.8, 4) is 11.5 Å². The van der Waals surface area contributed by atoms with Gasteiger partial charge in [0.1, 0.15) is 0 Å². The molecule has 1 aromatic heterocycles. The number of likely N-dealkylation sites (tertiary alicyclic amines) is 1. The molecule has 0 radical (unpaired) electrons. The molecule has 1 aliphatic rings. The Morgan fingerprint density at radius 3 is 2.44 bits per heavy atom. The van der Waals surface area contributed by atoms with Gasteiger partial charge in [0.05, 0.1) is 0 Å². The average Bonchev–Trinajstić information content (AvgIpc) is 3.20. The molecule has 1 fully saturated rings. The molecule has 0 spiro atoms. The van der Waals surface area contributed by atoms with E-state index in [0.717, 1.165) is 24.5 Å². The summed E-state index contributed by atoms with van der Waals surface area (Å²) in [7, 11) is 0. The summed E-state index contributed by atoms with van der Waals surface area (Å²) < 4.78 is 5.64. The molecule has 0 unspecified atom stereocenters. The number of hydrogen-bond donors (Lipinski definition) is 2. The first-order valence-electron chi connectivity index (χ1n) is 11.2. The van der Waals surface area contributed by atoms with Crippen molar-refractivity contribution in [2.24, 2.45) is 5.41 Å². The van der Waals surface area contributed by atoms with Gasteiger partial charge in [-0.15, -0.1) is 5.10 Å². The van der Waals surface area contributed by atoms with Crippen LogP contribution in [0.4, 0.5) is 16.5 Å². The maximum atomic E-state index is 12.1. The minimum atomic E-state index is -1.12. The second-order valence-corrected chi connectivity index (χ2v) is 9.44. The predicted molar refractivity (Wildman–Crippen MR) is 123 cm³/mol. The van der Waals surface area contributed by atoms with Crippen LogP contribution in [0.25, 0.3) is 11.5 Å². The van der Waals surface area contributed by atoms with Crippen molar-refractivity contribution < 1.29 is 19.1 Å². The molecule has 3 rings (SSSR count). The lowest BCUT2D eigenvalue weighted by Crippen LogP contribution is -2.35. The van der Waals surface area contributed by atoms with E-state index < -0.39 is 6.09 Å². The lowest BCUT2D eigenvalue weighted by Gasteiger charge is -2.26. The largest absolute Gasteiger partial charge is 0.465 e. The van der Waals surface area contributed by atoms with Gasteiger partial charge in [0, 0.05) is 24.2 Å². The van der Waals surface area contributed by atoms with E-state index in [2.05, 4.69) is 20.4 Å². The van der Waals surface area contributed by atoms with Gasteiger partial charge in [-0.25, -0.2) is 9.69 Å². The zero-order valence-corrected chi connectivity index (χ0v) is 19.1. The number of nitrogens with one attached hydrogen (secondary N) is 1. The van der Waals surface area contributed by atoms with Gasteiger partial charge in [-0.3, -0.25) is 4.79 Å². The van der Waals surface area contributed by atoms with Crippen LogP contribution >= 0.6 is 0 Å². The molecule has 9 heteroatoms. The van der Waals surface area contributed by atoms with Crippen LogP contribution < -0.4 is 10.2 Å². The molecule has 32 heavy (non-hydrogen) atoms. The van der Waals surface area contributed by atoms with Crippen LogP contribution in [0.15, 0.2) is 28.7 Å². The Morgan fingerprint density at radius 2 is 1.81 bits per heavy atom. The maximum Gasteiger partial charge on any atom is 0.415 e. The SMILES string of the molecule is CC(C)(C)CC(=O)Nc1ccc(-c2nnc(N(CCCN3CCCCC3)C(=O)O)o2)cc1. The zero-order valence-electron chi connectivity index (χ0n) is 19.1. The number of rotatable bonds is 8. The number of benzene rings is 1. The number of carbonyl (C=O) groups excluding carboxylic acids is 1. The summed E-state index contributed by atoms with van der Waals surface area (Å²) in [4.78, 5) is 27.3. The van der Waals surface area contributed by atoms with Gasteiger partial charge < -0.3 is 19.7 Å². The minimum absolute atomic E-state index is 0.0336. The van der Waals surface area contributed by atoms with Crippen LogP contribution in [0.1, 0.15) is 52.9 Å². The number of carboxylic acid groups (broad SMARTS) is 1. The van der Waals surface area contributed by atoms with Crippen molar-refractivity contribution in [3.05, 3.63) is 24.3 Å². The third-order valence-electron chi connectivity index (χ3n) is 5.29. The van der Waals surface area contributed by atoms with Crippen LogP contribution in [-0.4, -0.2) is 58.4 Å². The molecular weight excluding hydrogens is 410 g/mol. The first-order chi connectivity index (χ1) is 15.2. The van der Waals surface area contributed by atoms with Crippen molar-refractivity contribution in [1.82, 2.24) is 15.1 Å². The third kappa shape index (κ3) is 7.05. The maximum absolute atomic E-state index is 12.1. The second-order valence-electron chi connectivity index (χ2n) is 9.44. The molecule has 2 N–H and O–H groups in total. The van der Waals surface area contributed by atoms with Gasteiger partial charge in [-0.05, 0) is 68.6 Å². The summed E-state index contributed by atoms with van der Waals surface area (Å²) in [5.74, 6) is 0.182. The smallest absolute Gasteiger partial charge is 0.415 e. The van der Waals surface area contributed by atoms with E-state index in [0.29, 0.717) is 30.6 Å². The summed E-state index contributed by atoms with van der Waals surface area (Å²) in [6, 6.07) is 6.99. The van der Waals surface area contributed by atoms with Gasteiger partial charge in [-0.1, -0.05) is 32.3 Å². The minimum Gasteiger partial charge on any atom is -0.465 e. The summed E-state index contributed by atoms with van der Waals surface area (Å²) >= 11 is 0. The zero-order chi connectivity index (χ0) is 23.1. The Kier molecular flexibility index (Phi) is 7.84. The normalized spacial score (nSPS) is 14.8. The molecule has 1 aliphatic heterocycles. The van der Waals surface area contributed by atoms with Gasteiger partial charge in [0.15, 0.2) is 0 Å². The Labute approximate surface area is 188 Å². The molecule has 174 valence electrons. The number of nitrogens with zero attached hydrogens (tertiary/aromatic N) is 4. The van der Waals surface area contributed by atoms with E-state index in [9.17, 15) is 14.7 Å². The molecule has 2 amide bonds. The van der Waals surface area contributed by atoms with E-state index in [1.165, 1.54) is 19.3 Å². The molecule has 0 bridgehead atoms. The number of hydrogen-bond acceptors (Lipinski definition) is 6. The van der Waals surface area contributed by atoms with Crippen molar-refractivity contribution >= 4 is 23.7 Å². The molecule has 1 aromatic carbocycles. The molecule has 0 saturated carbocycles. The number of carbonyl (C=O) groups is 2. The Morgan fingerprint density at radius 1 is 1.12 bits per heavy atom. The van der Waals surface area contributed by atoms with E-state index >= 15 is 0 Å². The molecule has 9 nitrogen and oxygen atoms in total. The molecular formula is C23H33N5O4. The fourth-order valence-corrected chi connectivity index (χ4v) is 3.73. The van der Waals surface area contributed by atoms with E-state index in [4.69, 9.17) is 4.42 Å². The molecule has 0 aliphatic carbocycles. The standard InChI is InChI=1S/C23H33N5O4/c1-23(2,3)16-19(29)24-18-10-8-17(9-11-18)20-25-26-21(32-20)28(22(30)31)15-7-14-27-12-5-4-6-13-27/h8-11H,4-7,12-16H2,1-3H3,(H,24,29)(H,30,31). The fourth-order valence-electron chi connectivity index (χ4n) is 3.73. The number of anilines is 2. The first-order valence-corrected chi connectivity index (χ1v) is 11.2. The van der Waals surface area contributed by atoms with Crippen LogP contribution in [0.5, 0.6) is 0 Å². The Hall–Kier alpha value is -2.94. The number of amides is 2. The van der Waals surface area contributed by atoms with Crippen LogP contribution in [0.3, 0.4) is 0 Å². The highest BCUT2D eigenvalue weighted by atomic mass is 16.4. The van der Waals surface area contributed by atoms with E-state index in [1.807, 2.05) is 20.8 Å². The summed E-state index contributed by atoms with van der Waals surface area (Å²) in [6.45, 7) is 9.33. The Balaban J connectivity index is 1.59. The second kappa shape index (κ2) is 10.6. The highest BCUT2D eigenvalue weighted by Crippen LogP contribution is 2.25. The molecule has 2 aromatic rings. The summed E-state index contributed by atoms with van der Waals surface area (Å²) in [6.07, 6.45) is 3.68. The van der Waals surface area contributed by atoms with Crippen LogP contribution in [-0.2, 0) is 4.79 Å². The van der Waals surface area contributed by atoms with Crippen molar-refractivity contribution in [3.63, 3.8) is 0 Å². The molecule has 1 saturated heterocycles. The monoisotopic (exact) mass is 443 g/mol. The molecule has 0 atom stereocenters. The third-order valence-corrected chi connectivity index (χ3v) is 5.29. The number of piperidine rings is 1. The van der Waals surface area contributed by atoms with Gasteiger partial charge >= 0.3 is 12.1 Å². The Bertz CT molecular complexity index is 898. The highest BCUT2D eigenvalue weighted by molar-refractivity contribution is 5.91. The quantitative estimate of drug-likeness (QED) is 0.619. The summed E-state index contributed by atoms with van der Waals surface area (Å²) in [5, 5.41) is 20.4. The lowest BCUT2D eigenvalue weighted by molar-refractivity contribution is -0.117.